The molecule has 0 fully saturated rings. The fourth-order valence-corrected chi connectivity index (χ4v) is 4.00. The van der Waals surface area contributed by atoms with Crippen LogP contribution < -0.4 is 0 Å². The molecule has 27 heavy (non-hydrogen) atoms. The van der Waals surface area contributed by atoms with Crippen LogP contribution in [0.2, 0.25) is 5.02 Å². The summed E-state index contributed by atoms with van der Waals surface area (Å²) < 4.78 is 7.77. The van der Waals surface area contributed by atoms with Crippen LogP contribution in [0.4, 0.5) is 0 Å². The summed E-state index contributed by atoms with van der Waals surface area (Å²) in [6.07, 6.45) is 3.25. The maximum Gasteiger partial charge on any atom is 0.195 e. The zero-order valence-corrected chi connectivity index (χ0v) is 16.9. The lowest BCUT2D eigenvalue weighted by Gasteiger charge is -2.21. The second-order valence-electron chi connectivity index (χ2n) is 6.94. The highest BCUT2D eigenvalue weighted by molar-refractivity contribution is 6.31. The molecular weight excluding hydrogens is 358 g/mol. The van der Waals surface area contributed by atoms with Crippen molar-refractivity contribution in [3.8, 4) is 0 Å². The number of ether oxygens (including phenoxy) is 1. The number of aromatic nitrogens is 1. The van der Waals surface area contributed by atoms with E-state index in [-0.39, 0.29) is 11.8 Å². The Morgan fingerprint density at radius 2 is 1.93 bits per heavy atom. The summed E-state index contributed by atoms with van der Waals surface area (Å²) in [5.74, 6) is 0.0331. The molecule has 1 unspecified atom stereocenters. The number of nitrogens with zero attached hydrogens (tertiary/aromatic N) is 1. The van der Waals surface area contributed by atoms with Gasteiger partial charge in [0.25, 0.3) is 0 Å². The molecule has 3 aromatic rings. The lowest BCUT2D eigenvalue weighted by molar-refractivity contribution is 0.103. The molecule has 0 radical (unpaired) electrons. The van der Waals surface area contributed by atoms with Gasteiger partial charge in [-0.1, -0.05) is 61.7 Å². The Morgan fingerprint density at radius 1 is 1.19 bits per heavy atom. The zero-order valence-electron chi connectivity index (χ0n) is 16.2. The number of ketones is 1. The van der Waals surface area contributed by atoms with Crippen LogP contribution in [0.3, 0.4) is 0 Å². The van der Waals surface area contributed by atoms with E-state index < -0.39 is 0 Å². The molecule has 0 bridgehead atoms. The van der Waals surface area contributed by atoms with Crippen LogP contribution in [0.25, 0.3) is 10.9 Å². The summed E-state index contributed by atoms with van der Waals surface area (Å²) in [7, 11) is 1.73. The van der Waals surface area contributed by atoms with Crippen LogP contribution in [0.15, 0.2) is 48.5 Å². The van der Waals surface area contributed by atoms with E-state index in [4.69, 9.17) is 16.3 Å². The average Bonchev–Trinajstić information content (AvgIpc) is 2.96. The Bertz CT molecular complexity index is 930. The Morgan fingerprint density at radius 3 is 2.59 bits per heavy atom. The summed E-state index contributed by atoms with van der Waals surface area (Å²) in [5, 5.41) is 1.55. The fraction of sp³-hybridized carbons (Fsp3) is 0.348. The first kappa shape index (κ1) is 19.7. The molecule has 3 rings (SSSR count). The third-order valence-electron chi connectivity index (χ3n) is 5.09. The van der Waals surface area contributed by atoms with Crippen molar-refractivity contribution in [1.29, 1.82) is 0 Å². The van der Waals surface area contributed by atoms with Gasteiger partial charge in [0.15, 0.2) is 5.78 Å². The van der Waals surface area contributed by atoms with E-state index in [0.29, 0.717) is 17.2 Å². The van der Waals surface area contributed by atoms with Crippen LogP contribution in [-0.2, 0) is 4.74 Å². The smallest absolute Gasteiger partial charge is 0.195 e. The van der Waals surface area contributed by atoms with Crippen LogP contribution in [0.1, 0.15) is 53.8 Å². The number of benzene rings is 2. The number of carbonyl (C=O) groups is 1. The number of unbranched alkanes of at least 4 members (excludes halogenated alkanes) is 1. The first-order valence-electron chi connectivity index (χ1n) is 9.47. The van der Waals surface area contributed by atoms with Gasteiger partial charge in [0, 0.05) is 34.3 Å². The number of fused-ring (bicyclic) bond motifs is 1. The Labute approximate surface area is 165 Å². The molecule has 1 atom stereocenters. The first-order chi connectivity index (χ1) is 13.1. The number of rotatable bonds is 8. The molecule has 0 aliphatic heterocycles. The van der Waals surface area contributed by atoms with E-state index >= 15 is 0 Å². The lowest BCUT2D eigenvalue weighted by atomic mass is 10.0. The molecule has 2 aromatic carbocycles. The molecule has 0 N–H and O–H groups in total. The van der Waals surface area contributed by atoms with Gasteiger partial charge < -0.3 is 9.30 Å². The van der Waals surface area contributed by atoms with E-state index in [1.807, 2.05) is 55.5 Å². The summed E-state index contributed by atoms with van der Waals surface area (Å²) >= 11 is 6.28. The normalized spacial score (nSPS) is 12.4. The van der Waals surface area contributed by atoms with Crippen LogP contribution in [-0.4, -0.2) is 24.1 Å². The molecule has 1 heterocycles. The lowest BCUT2D eigenvalue weighted by Crippen LogP contribution is -2.16. The molecule has 142 valence electrons. The van der Waals surface area contributed by atoms with Gasteiger partial charge in [-0.2, -0.15) is 0 Å². The van der Waals surface area contributed by atoms with E-state index in [0.717, 1.165) is 41.4 Å². The monoisotopic (exact) mass is 383 g/mol. The minimum Gasteiger partial charge on any atom is -0.383 e. The number of methoxy groups -OCH3 is 1. The SMILES string of the molecule is CCCCC(COC)n1c(C)c(C(=O)c2ccccc2)c2cc(Cl)ccc21. The van der Waals surface area contributed by atoms with Gasteiger partial charge >= 0.3 is 0 Å². The standard InChI is InChI=1S/C23H26ClNO2/c1-4-5-11-19(15-27-3)25-16(2)22(20-14-18(24)12-13-21(20)25)23(26)17-9-7-6-8-10-17/h6-10,12-14,19H,4-5,11,15H2,1-3H3. The van der Waals surface area contributed by atoms with E-state index in [9.17, 15) is 4.79 Å². The van der Waals surface area contributed by atoms with Crippen molar-refractivity contribution in [2.24, 2.45) is 0 Å². The number of hydrogen-bond donors (Lipinski definition) is 0. The molecule has 0 amide bonds. The van der Waals surface area contributed by atoms with Crippen molar-refractivity contribution in [2.45, 2.75) is 39.2 Å². The van der Waals surface area contributed by atoms with E-state index in [1.165, 1.54) is 0 Å². The largest absolute Gasteiger partial charge is 0.383 e. The molecule has 4 heteroatoms. The molecule has 0 saturated heterocycles. The molecule has 0 saturated carbocycles. The van der Waals surface area contributed by atoms with E-state index in [2.05, 4.69) is 11.5 Å². The quantitative estimate of drug-likeness (QED) is 0.433. The fourth-order valence-electron chi connectivity index (χ4n) is 3.82. The minimum atomic E-state index is 0.0331. The van der Waals surface area contributed by atoms with Gasteiger partial charge in [-0.3, -0.25) is 4.79 Å². The summed E-state index contributed by atoms with van der Waals surface area (Å²) in [4.78, 5) is 13.3. The summed E-state index contributed by atoms with van der Waals surface area (Å²) in [6.45, 7) is 4.83. The maximum atomic E-state index is 13.3. The molecular formula is C23H26ClNO2. The predicted molar refractivity (Wildman–Crippen MR) is 112 cm³/mol. The summed E-state index contributed by atoms with van der Waals surface area (Å²) in [5.41, 5.74) is 3.43. The summed E-state index contributed by atoms with van der Waals surface area (Å²) in [6, 6.07) is 15.4. The van der Waals surface area contributed by atoms with Crippen LogP contribution >= 0.6 is 11.6 Å². The van der Waals surface area contributed by atoms with Gasteiger partial charge in [-0.05, 0) is 31.5 Å². The van der Waals surface area contributed by atoms with Crippen molar-refractivity contribution >= 4 is 28.3 Å². The van der Waals surface area contributed by atoms with Crippen molar-refractivity contribution in [3.63, 3.8) is 0 Å². The predicted octanol–water partition coefficient (Wildman–Crippen LogP) is 6.21. The molecule has 1 aromatic heterocycles. The Balaban J connectivity index is 2.21. The second kappa shape index (κ2) is 8.73. The second-order valence-corrected chi connectivity index (χ2v) is 7.37. The molecule has 0 spiro atoms. The topological polar surface area (TPSA) is 31.2 Å². The van der Waals surface area contributed by atoms with Crippen molar-refractivity contribution in [3.05, 3.63) is 70.4 Å². The zero-order chi connectivity index (χ0) is 19.4. The van der Waals surface area contributed by atoms with Crippen molar-refractivity contribution < 1.29 is 9.53 Å². The first-order valence-corrected chi connectivity index (χ1v) is 9.85. The van der Waals surface area contributed by atoms with Gasteiger partial charge in [0.1, 0.15) is 0 Å². The van der Waals surface area contributed by atoms with Gasteiger partial charge in [0.2, 0.25) is 0 Å². The highest BCUT2D eigenvalue weighted by Crippen LogP contribution is 2.34. The van der Waals surface area contributed by atoms with Gasteiger partial charge in [0.05, 0.1) is 18.2 Å². The molecule has 3 nitrogen and oxygen atoms in total. The molecule has 0 aliphatic carbocycles. The highest BCUT2D eigenvalue weighted by atomic mass is 35.5. The van der Waals surface area contributed by atoms with Gasteiger partial charge in [-0.15, -0.1) is 0 Å². The minimum absolute atomic E-state index is 0.0331. The van der Waals surface area contributed by atoms with Crippen molar-refractivity contribution in [1.82, 2.24) is 4.57 Å². The van der Waals surface area contributed by atoms with Crippen molar-refractivity contribution in [2.75, 3.05) is 13.7 Å². The number of halogens is 1. The highest BCUT2D eigenvalue weighted by Gasteiger charge is 2.25. The molecule has 0 aliphatic rings. The van der Waals surface area contributed by atoms with E-state index in [1.54, 1.807) is 7.11 Å². The Hall–Kier alpha value is -2.10. The van der Waals surface area contributed by atoms with Crippen LogP contribution in [0.5, 0.6) is 0 Å². The number of hydrogen-bond acceptors (Lipinski definition) is 2. The average molecular weight is 384 g/mol. The third-order valence-corrected chi connectivity index (χ3v) is 5.32. The van der Waals surface area contributed by atoms with Gasteiger partial charge in [-0.25, -0.2) is 0 Å². The maximum absolute atomic E-state index is 13.3. The number of carbonyl (C=O) groups excluding carboxylic acids is 1. The Kier molecular flexibility index (Phi) is 6.35. The third kappa shape index (κ3) is 3.95. The van der Waals surface area contributed by atoms with Crippen LogP contribution in [0, 0.1) is 6.92 Å².